The predicted octanol–water partition coefficient (Wildman–Crippen LogP) is 1.49. The van der Waals surface area contributed by atoms with E-state index in [0.29, 0.717) is 19.0 Å². The van der Waals surface area contributed by atoms with Crippen LogP contribution >= 0.6 is 12.4 Å². The van der Waals surface area contributed by atoms with Crippen molar-refractivity contribution in [3.05, 3.63) is 11.6 Å². The van der Waals surface area contributed by atoms with Crippen LogP contribution in [0.15, 0.2) is 0 Å². The van der Waals surface area contributed by atoms with E-state index in [1.54, 1.807) is 0 Å². The second-order valence-corrected chi connectivity index (χ2v) is 5.04. The molecule has 1 aromatic rings. The van der Waals surface area contributed by atoms with E-state index in [9.17, 15) is 0 Å². The molecule has 1 aromatic heterocycles. The Kier molecular flexibility index (Phi) is 6.81. The number of hydrogen-bond donors (Lipinski definition) is 2. The van der Waals surface area contributed by atoms with Gasteiger partial charge in [0.1, 0.15) is 11.6 Å². The number of nitrogens with two attached hydrogens (primary N) is 1. The number of nitrogens with zero attached hydrogens (tertiary/aromatic N) is 3. The Morgan fingerprint density at radius 1 is 1.39 bits per heavy atom. The number of nitrogens with one attached hydrogen (secondary N) is 1. The molecule has 0 fully saturated rings. The molecule has 0 aliphatic rings. The molecule has 18 heavy (non-hydrogen) atoms. The Morgan fingerprint density at radius 2 is 2.00 bits per heavy atom. The molecule has 0 radical (unpaired) electrons. The van der Waals surface area contributed by atoms with E-state index in [1.165, 1.54) is 0 Å². The van der Waals surface area contributed by atoms with Crippen LogP contribution in [0.25, 0.3) is 0 Å². The van der Waals surface area contributed by atoms with Gasteiger partial charge >= 0.3 is 0 Å². The van der Waals surface area contributed by atoms with Gasteiger partial charge in [-0.1, -0.05) is 13.8 Å². The van der Waals surface area contributed by atoms with Gasteiger partial charge in [0.05, 0.1) is 6.54 Å². The molecule has 106 valence electrons. The van der Waals surface area contributed by atoms with Crippen molar-refractivity contribution in [1.82, 2.24) is 20.1 Å². The van der Waals surface area contributed by atoms with Crippen molar-refractivity contribution in [2.45, 2.75) is 53.2 Å². The molecule has 0 aliphatic heterocycles. The first-order chi connectivity index (χ1) is 7.94. The largest absolute Gasteiger partial charge is 0.329 e. The van der Waals surface area contributed by atoms with Crippen molar-refractivity contribution >= 4 is 12.4 Å². The van der Waals surface area contributed by atoms with E-state index < -0.39 is 0 Å². The molecule has 1 heterocycles. The molecule has 1 unspecified atom stereocenters. The lowest BCUT2D eigenvalue weighted by Crippen LogP contribution is -2.52. The van der Waals surface area contributed by atoms with Crippen molar-refractivity contribution in [3.63, 3.8) is 0 Å². The maximum atomic E-state index is 5.84. The highest BCUT2D eigenvalue weighted by Gasteiger charge is 2.26. The summed E-state index contributed by atoms with van der Waals surface area (Å²) in [5.41, 5.74) is 5.79. The Hall–Kier alpha value is -0.650. The highest BCUT2D eigenvalue weighted by Crippen LogP contribution is 2.15. The molecular weight excluding hydrogens is 250 g/mol. The average Bonchev–Trinajstić information content (AvgIpc) is 2.66. The Bertz CT molecular complexity index is 363. The first-order valence-corrected chi connectivity index (χ1v) is 6.28. The van der Waals surface area contributed by atoms with Crippen LogP contribution in [0.5, 0.6) is 0 Å². The molecule has 0 amide bonds. The summed E-state index contributed by atoms with van der Waals surface area (Å²) >= 11 is 0. The smallest absolute Gasteiger partial charge is 0.147 e. The highest BCUT2D eigenvalue weighted by atomic mass is 35.5. The van der Waals surface area contributed by atoms with E-state index >= 15 is 0 Å². The molecule has 0 spiro atoms. The van der Waals surface area contributed by atoms with Gasteiger partial charge < -0.3 is 15.6 Å². The second kappa shape index (κ2) is 7.07. The van der Waals surface area contributed by atoms with Gasteiger partial charge in [0, 0.05) is 18.6 Å². The topological polar surface area (TPSA) is 68.8 Å². The number of halogens is 1. The maximum Gasteiger partial charge on any atom is 0.147 e. The van der Waals surface area contributed by atoms with Gasteiger partial charge in [-0.2, -0.15) is 0 Å². The Morgan fingerprint density at radius 3 is 2.44 bits per heavy atom. The van der Waals surface area contributed by atoms with Crippen molar-refractivity contribution in [3.8, 4) is 0 Å². The van der Waals surface area contributed by atoms with Gasteiger partial charge in [-0.05, 0) is 26.7 Å². The van der Waals surface area contributed by atoms with Gasteiger partial charge in [0.25, 0.3) is 0 Å². The van der Waals surface area contributed by atoms with Crippen molar-refractivity contribution < 1.29 is 0 Å². The fourth-order valence-corrected chi connectivity index (χ4v) is 1.76. The lowest BCUT2D eigenvalue weighted by Gasteiger charge is -2.33. The van der Waals surface area contributed by atoms with Crippen LogP contribution in [0.1, 0.15) is 39.3 Å². The fraction of sp³-hybridized carbons (Fsp3) is 0.833. The van der Waals surface area contributed by atoms with Crippen LogP contribution in [0.3, 0.4) is 0 Å². The zero-order chi connectivity index (χ0) is 13.1. The lowest BCUT2D eigenvalue weighted by molar-refractivity contribution is 0.263. The third kappa shape index (κ3) is 3.67. The molecule has 0 aromatic carbocycles. The monoisotopic (exact) mass is 275 g/mol. The van der Waals surface area contributed by atoms with Crippen molar-refractivity contribution in [2.75, 3.05) is 6.54 Å². The van der Waals surface area contributed by atoms with E-state index in [4.69, 9.17) is 5.73 Å². The molecule has 0 bridgehead atoms. The summed E-state index contributed by atoms with van der Waals surface area (Å²) in [5, 5.41) is 11.8. The molecule has 0 saturated carbocycles. The van der Waals surface area contributed by atoms with Gasteiger partial charge in [-0.3, -0.25) is 0 Å². The number of aryl methyl sites for hydroxylation is 1. The zero-order valence-electron chi connectivity index (χ0n) is 12.0. The van der Waals surface area contributed by atoms with E-state index in [0.717, 1.165) is 18.2 Å². The van der Waals surface area contributed by atoms with Crippen molar-refractivity contribution in [2.24, 2.45) is 11.7 Å². The minimum atomic E-state index is -0.0571. The Balaban J connectivity index is 0.00000289. The predicted molar refractivity (Wildman–Crippen MR) is 76.8 cm³/mol. The molecule has 3 N–H and O–H groups in total. The SMILES string of the molecule is CCn1c(C)nnc1CNC(C)(CN)C(C)C.Cl. The Labute approximate surface area is 116 Å². The summed E-state index contributed by atoms with van der Waals surface area (Å²) < 4.78 is 2.12. The first kappa shape index (κ1) is 17.4. The van der Waals surface area contributed by atoms with Gasteiger partial charge in [0.2, 0.25) is 0 Å². The zero-order valence-corrected chi connectivity index (χ0v) is 12.8. The molecule has 6 heteroatoms. The minimum absolute atomic E-state index is 0. The fourth-order valence-electron chi connectivity index (χ4n) is 1.76. The van der Waals surface area contributed by atoms with Crippen LogP contribution in [0, 0.1) is 12.8 Å². The van der Waals surface area contributed by atoms with Crippen LogP contribution in [0.4, 0.5) is 0 Å². The number of aromatic nitrogens is 3. The molecule has 0 aliphatic carbocycles. The first-order valence-electron chi connectivity index (χ1n) is 6.28. The third-order valence-corrected chi connectivity index (χ3v) is 3.68. The summed E-state index contributed by atoms with van der Waals surface area (Å²) in [6, 6.07) is 0. The average molecular weight is 276 g/mol. The molecule has 1 atom stereocenters. The van der Waals surface area contributed by atoms with E-state index in [2.05, 4.69) is 47.8 Å². The second-order valence-electron chi connectivity index (χ2n) is 5.04. The summed E-state index contributed by atoms with van der Waals surface area (Å²) in [6.07, 6.45) is 0. The van der Waals surface area contributed by atoms with Crippen molar-refractivity contribution in [1.29, 1.82) is 0 Å². The van der Waals surface area contributed by atoms with Gasteiger partial charge in [-0.25, -0.2) is 0 Å². The summed E-state index contributed by atoms with van der Waals surface area (Å²) in [7, 11) is 0. The summed E-state index contributed by atoms with van der Waals surface area (Å²) in [5.74, 6) is 2.42. The van der Waals surface area contributed by atoms with Crippen LogP contribution < -0.4 is 11.1 Å². The standard InChI is InChI=1S/C12H25N5.ClH/c1-6-17-10(4)15-16-11(17)7-14-12(5,8-13)9(2)3;/h9,14H,6-8,13H2,1-5H3;1H. The van der Waals surface area contributed by atoms with E-state index in [1.807, 2.05) is 6.92 Å². The van der Waals surface area contributed by atoms with E-state index in [-0.39, 0.29) is 17.9 Å². The van der Waals surface area contributed by atoms with Gasteiger partial charge in [0.15, 0.2) is 0 Å². The molecule has 5 nitrogen and oxygen atoms in total. The van der Waals surface area contributed by atoms with Crippen LogP contribution in [-0.4, -0.2) is 26.8 Å². The number of rotatable bonds is 6. The normalized spacial score (nSPS) is 14.4. The molecule has 0 saturated heterocycles. The lowest BCUT2D eigenvalue weighted by atomic mass is 9.88. The highest BCUT2D eigenvalue weighted by molar-refractivity contribution is 5.85. The summed E-state index contributed by atoms with van der Waals surface area (Å²) in [6.45, 7) is 12.8. The van der Waals surface area contributed by atoms with Crippen LogP contribution in [0.2, 0.25) is 0 Å². The molecular formula is C12H26ClN5. The minimum Gasteiger partial charge on any atom is -0.329 e. The number of hydrogen-bond acceptors (Lipinski definition) is 4. The summed E-state index contributed by atoms with van der Waals surface area (Å²) in [4.78, 5) is 0. The maximum absolute atomic E-state index is 5.84. The quantitative estimate of drug-likeness (QED) is 0.825. The van der Waals surface area contributed by atoms with Gasteiger partial charge in [-0.15, -0.1) is 22.6 Å². The molecule has 1 rings (SSSR count). The van der Waals surface area contributed by atoms with Crippen LogP contribution in [-0.2, 0) is 13.1 Å². The third-order valence-electron chi connectivity index (χ3n) is 3.68.